The minimum atomic E-state index is 0.0680. The van der Waals surface area contributed by atoms with E-state index in [9.17, 15) is 4.79 Å². The van der Waals surface area contributed by atoms with Crippen molar-refractivity contribution in [2.75, 3.05) is 25.4 Å². The fourth-order valence-electron chi connectivity index (χ4n) is 2.28. The predicted octanol–water partition coefficient (Wildman–Crippen LogP) is 3.36. The second-order valence-electron chi connectivity index (χ2n) is 5.62. The van der Waals surface area contributed by atoms with Crippen LogP contribution >= 0.6 is 0 Å². The van der Waals surface area contributed by atoms with Gasteiger partial charge < -0.3 is 10.5 Å². The van der Waals surface area contributed by atoms with Crippen LogP contribution < -0.4 is 10.5 Å². The van der Waals surface area contributed by atoms with E-state index in [-0.39, 0.29) is 11.9 Å². The Balaban J connectivity index is 2.75. The van der Waals surface area contributed by atoms with Gasteiger partial charge in [0, 0.05) is 5.56 Å². The molecule has 0 aliphatic rings. The highest BCUT2D eigenvalue weighted by molar-refractivity contribution is 5.98. The number of nitrogens with two attached hydrogens (primary N) is 1. The molecule has 0 saturated heterocycles. The molecule has 0 radical (unpaired) electrons. The molecule has 0 spiro atoms. The maximum Gasteiger partial charge on any atom is 0.176 e. The molecular formula is C17H28N2O2. The van der Waals surface area contributed by atoms with E-state index in [1.807, 2.05) is 13.8 Å². The van der Waals surface area contributed by atoms with E-state index in [2.05, 4.69) is 18.7 Å². The van der Waals surface area contributed by atoms with Crippen LogP contribution in [0.15, 0.2) is 18.2 Å². The molecule has 0 heterocycles. The Morgan fingerprint density at radius 1 is 1.24 bits per heavy atom. The SMILES string of the molecule is CCCN(CCC)CC(=O)c1ccc(OC(C)C)c(N)c1. The van der Waals surface area contributed by atoms with Crippen LogP contribution in [-0.2, 0) is 0 Å². The van der Waals surface area contributed by atoms with Crippen molar-refractivity contribution in [2.24, 2.45) is 0 Å². The lowest BCUT2D eigenvalue weighted by Crippen LogP contribution is -2.31. The van der Waals surface area contributed by atoms with Gasteiger partial charge in [-0.25, -0.2) is 0 Å². The van der Waals surface area contributed by atoms with Gasteiger partial charge in [-0.1, -0.05) is 13.8 Å². The summed E-state index contributed by atoms with van der Waals surface area (Å²) < 4.78 is 5.59. The summed E-state index contributed by atoms with van der Waals surface area (Å²) in [6.07, 6.45) is 2.17. The van der Waals surface area contributed by atoms with Gasteiger partial charge in [-0.3, -0.25) is 9.69 Å². The van der Waals surface area contributed by atoms with Crippen LogP contribution in [-0.4, -0.2) is 36.4 Å². The molecule has 0 unspecified atom stereocenters. The van der Waals surface area contributed by atoms with Gasteiger partial charge in [-0.2, -0.15) is 0 Å². The van der Waals surface area contributed by atoms with E-state index in [1.54, 1.807) is 18.2 Å². The molecule has 0 fully saturated rings. The number of carbonyl (C=O) groups is 1. The number of nitrogen functional groups attached to an aromatic ring is 1. The number of rotatable bonds is 9. The number of carbonyl (C=O) groups excluding carboxylic acids is 1. The molecule has 2 N–H and O–H groups in total. The standard InChI is InChI=1S/C17H28N2O2/c1-5-9-19(10-6-2)12-16(20)14-7-8-17(15(18)11-14)21-13(3)4/h7-8,11,13H,5-6,9-10,12,18H2,1-4H3. The Hall–Kier alpha value is -1.55. The number of nitrogens with zero attached hydrogens (tertiary/aromatic N) is 1. The summed E-state index contributed by atoms with van der Waals surface area (Å²) in [7, 11) is 0. The Morgan fingerprint density at radius 3 is 2.33 bits per heavy atom. The lowest BCUT2D eigenvalue weighted by atomic mass is 10.1. The van der Waals surface area contributed by atoms with Crippen LogP contribution in [0, 0.1) is 0 Å². The zero-order valence-corrected chi connectivity index (χ0v) is 13.7. The lowest BCUT2D eigenvalue weighted by Gasteiger charge is -2.20. The highest BCUT2D eigenvalue weighted by Crippen LogP contribution is 2.24. The van der Waals surface area contributed by atoms with Crippen molar-refractivity contribution in [1.82, 2.24) is 4.90 Å². The molecule has 0 aromatic heterocycles. The predicted molar refractivity (Wildman–Crippen MR) is 88.0 cm³/mol. The summed E-state index contributed by atoms with van der Waals surface area (Å²) in [5, 5.41) is 0. The quantitative estimate of drug-likeness (QED) is 0.560. The summed E-state index contributed by atoms with van der Waals surface area (Å²) in [5.41, 5.74) is 7.14. The molecule has 1 rings (SSSR count). The fraction of sp³-hybridized carbons (Fsp3) is 0.588. The number of ether oxygens (including phenoxy) is 1. The van der Waals surface area contributed by atoms with Crippen molar-refractivity contribution in [1.29, 1.82) is 0 Å². The molecule has 118 valence electrons. The van der Waals surface area contributed by atoms with Gasteiger partial charge in [0.05, 0.1) is 18.3 Å². The third kappa shape index (κ3) is 5.76. The number of hydrogen-bond donors (Lipinski definition) is 1. The monoisotopic (exact) mass is 292 g/mol. The van der Waals surface area contributed by atoms with Gasteiger partial charge >= 0.3 is 0 Å². The van der Waals surface area contributed by atoms with E-state index in [0.717, 1.165) is 25.9 Å². The highest BCUT2D eigenvalue weighted by Gasteiger charge is 2.13. The third-order valence-corrected chi connectivity index (χ3v) is 3.14. The van der Waals surface area contributed by atoms with Crippen LogP contribution in [0.5, 0.6) is 5.75 Å². The van der Waals surface area contributed by atoms with Crippen LogP contribution in [0.2, 0.25) is 0 Å². The zero-order valence-electron chi connectivity index (χ0n) is 13.7. The fourth-order valence-corrected chi connectivity index (χ4v) is 2.28. The molecule has 1 aromatic rings. The van der Waals surface area contributed by atoms with Crippen molar-refractivity contribution >= 4 is 11.5 Å². The number of ketones is 1. The molecule has 21 heavy (non-hydrogen) atoms. The molecule has 0 bridgehead atoms. The van der Waals surface area contributed by atoms with Gasteiger partial charge in [0.2, 0.25) is 0 Å². The molecule has 4 nitrogen and oxygen atoms in total. The highest BCUT2D eigenvalue weighted by atomic mass is 16.5. The van der Waals surface area contributed by atoms with Crippen LogP contribution in [0.3, 0.4) is 0 Å². The van der Waals surface area contributed by atoms with Crippen molar-refractivity contribution in [3.8, 4) is 5.75 Å². The van der Waals surface area contributed by atoms with Crippen LogP contribution in [0.4, 0.5) is 5.69 Å². The first-order chi connectivity index (χ1) is 9.97. The van der Waals surface area contributed by atoms with Crippen molar-refractivity contribution < 1.29 is 9.53 Å². The first kappa shape index (κ1) is 17.5. The number of Topliss-reactive ketones (excluding diaryl/α,β-unsaturated/α-hetero) is 1. The molecular weight excluding hydrogens is 264 g/mol. The average molecular weight is 292 g/mol. The van der Waals surface area contributed by atoms with Crippen LogP contribution in [0.1, 0.15) is 50.9 Å². The van der Waals surface area contributed by atoms with Gasteiger partial charge in [-0.15, -0.1) is 0 Å². The Kier molecular flexibility index (Phi) is 7.23. The minimum Gasteiger partial charge on any atom is -0.489 e. The van der Waals surface area contributed by atoms with E-state index in [0.29, 0.717) is 23.5 Å². The van der Waals surface area contributed by atoms with Gasteiger partial charge in [0.25, 0.3) is 0 Å². The van der Waals surface area contributed by atoms with Crippen molar-refractivity contribution in [3.05, 3.63) is 23.8 Å². The summed E-state index contributed by atoms with van der Waals surface area (Å²) in [6, 6.07) is 5.30. The topological polar surface area (TPSA) is 55.6 Å². The number of hydrogen-bond acceptors (Lipinski definition) is 4. The third-order valence-electron chi connectivity index (χ3n) is 3.14. The van der Waals surface area contributed by atoms with Crippen LogP contribution in [0.25, 0.3) is 0 Å². The maximum atomic E-state index is 12.4. The van der Waals surface area contributed by atoms with Gasteiger partial charge in [-0.05, 0) is 58.0 Å². The molecule has 0 amide bonds. The molecule has 0 aliphatic heterocycles. The summed E-state index contributed by atoms with van der Waals surface area (Å²) in [6.45, 7) is 10.5. The average Bonchev–Trinajstić information content (AvgIpc) is 2.41. The largest absolute Gasteiger partial charge is 0.489 e. The maximum absolute atomic E-state index is 12.4. The van der Waals surface area contributed by atoms with Gasteiger partial charge in [0.1, 0.15) is 5.75 Å². The van der Waals surface area contributed by atoms with Gasteiger partial charge in [0.15, 0.2) is 5.78 Å². The number of anilines is 1. The molecule has 1 aromatic carbocycles. The molecule has 0 atom stereocenters. The first-order valence-electron chi connectivity index (χ1n) is 7.79. The summed E-state index contributed by atoms with van der Waals surface area (Å²) >= 11 is 0. The molecule has 4 heteroatoms. The molecule has 0 aliphatic carbocycles. The Bertz CT molecular complexity index is 452. The smallest absolute Gasteiger partial charge is 0.176 e. The number of benzene rings is 1. The zero-order chi connectivity index (χ0) is 15.8. The Morgan fingerprint density at radius 2 is 1.86 bits per heavy atom. The molecule has 0 saturated carbocycles. The Labute approximate surface area is 128 Å². The van der Waals surface area contributed by atoms with Crippen molar-refractivity contribution in [3.63, 3.8) is 0 Å². The van der Waals surface area contributed by atoms with E-state index in [4.69, 9.17) is 10.5 Å². The first-order valence-corrected chi connectivity index (χ1v) is 7.79. The van der Waals surface area contributed by atoms with E-state index >= 15 is 0 Å². The second kappa shape index (κ2) is 8.67. The normalized spacial score (nSPS) is 11.1. The summed E-state index contributed by atoms with van der Waals surface area (Å²) in [4.78, 5) is 14.5. The van der Waals surface area contributed by atoms with E-state index < -0.39 is 0 Å². The van der Waals surface area contributed by atoms with E-state index in [1.165, 1.54) is 0 Å². The second-order valence-corrected chi connectivity index (χ2v) is 5.62. The summed E-state index contributed by atoms with van der Waals surface area (Å²) in [5.74, 6) is 0.750. The lowest BCUT2D eigenvalue weighted by molar-refractivity contribution is 0.0930. The van der Waals surface area contributed by atoms with Crippen molar-refractivity contribution in [2.45, 2.75) is 46.6 Å². The minimum absolute atomic E-state index is 0.0680.